The number of esters is 1. The van der Waals surface area contributed by atoms with Crippen LogP contribution in [0.4, 0.5) is 0 Å². The summed E-state index contributed by atoms with van der Waals surface area (Å²) in [6, 6.07) is 14.6. The molecule has 0 bridgehead atoms. The fraction of sp³-hybridized carbons (Fsp3) is 0.385. The van der Waals surface area contributed by atoms with Crippen LogP contribution in [0.25, 0.3) is 22.3 Å². The lowest BCUT2D eigenvalue weighted by Crippen LogP contribution is -2.37. The molecule has 1 aliphatic rings. The number of ether oxygens (including phenoxy) is 2. The van der Waals surface area contributed by atoms with E-state index in [-0.39, 0.29) is 17.4 Å². The number of carbonyl (C=O) groups is 1. The largest absolute Gasteiger partial charge is 0.493 e. The van der Waals surface area contributed by atoms with Gasteiger partial charge in [0.25, 0.3) is 0 Å². The fourth-order valence-electron chi connectivity index (χ4n) is 4.33. The second-order valence-electron chi connectivity index (χ2n) is 8.18. The molecular weight excluding hydrogens is 406 g/mol. The summed E-state index contributed by atoms with van der Waals surface area (Å²) in [5, 5.41) is 0.553. The maximum absolute atomic E-state index is 12.6. The molecule has 0 radical (unpaired) electrons. The van der Waals surface area contributed by atoms with Gasteiger partial charge in [-0.2, -0.15) is 0 Å². The third-order valence-corrected chi connectivity index (χ3v) is 6.09. The first-order chi connectivity index (χ1) is 15.6. The Morgan fingerprint density at radius 1 is 1.16 bits per heavy atom. The second kappa shape index (κ2) is 10.0. The Hall–Kier alpha value is -3.12. The van der Waals surface area contributed by atoms with Crippen molar-refractivity contribution in [3.8, 4) is 17.1 Å². The first-order valence-corrected chi connectivity index (χ1v) is 11.2. The lowest BCUT2D eigenvalue weighted by atomic mass is 10.1. The number of likely N-dealkylation sites (tertiary alicyclic amines) is 1. The van der Waals surface area contributed by atoms with Gasteiger partial charge in [-0.1, -0.05) is 30.3 Å². The zero-order chi connectivity index (χ0) is 22.5. The summed E-state index contributed by atoms with van der Waals surface area (Å²) in [5.74, 6) is 1.13. The van der Waals surface area contributed by atoms with Gasteiger partial charge in [0.05, 0.1) is 19.1 Å². The number of carbonyl (C=O) groups excluding carboxylic acids is 1. The number of hydrogen-bond donors (Lipinski definition) is 0. The molecule has 2 heterocycles. The van der Waals surface area contributed by atoms with Gasteiger partial charge in [-0.15, -0.1) is 0 Å². The van der Waals surface area contributed by atoms with E-state index < -0.39 is 0 Å². The lowest BCUT2D eigenvalue weighted by molar-refractivity contribution is -0.145. The topological polar surface area (TPSA) is 69.0 Å². The van der Waals surface area contributed by atoms with Gasteiger partial charge in [-0.05, 0) is 57.8 Å². The van der Waals surface area contributed by atoms with Gasteiger partial charge in [0.1, 0.15) is 23.1 Å². The summed E-state index contributed by atoms with van der Waals surface area (Å²) in [6.07, 6.45) is 3.71. The molecule has 1 atom stereocenters. The standard InChI is InChI=1S/C26H29NO5/c1-18-23(31-16-7-6-14-27-15-8-11-21(27)26(29)30-2)13-12-20-22(28)17-24(32-25(18)20)19-9-4-3-5-10-19/h3-5,9-10,12-13,17,21H,6-8,11,14-16H2,1-2H3/t21-/m0/s1. The number of rotatable bonds is 8. The Bertz CT molecular complexity index is 1140. The lowest BCUT2D eigenvalue weighted by Gasteiger charge is -2.22. The van der Waals surface area contributed by atoms with Crippen molar-refractivity contribution in [3.05, 3.63) is 64.3 Å². The van der Waals surface area contributed by atoms with Crippen LogP contribution in [-0.4, -0.2) is 43.7 Å². The molecule has 6 heteroatoms. The van der Waals surface area contributed by atoms with Crippen LogP contribution >= 0.6 is 0 Å². The van der Waals surface area contributed by atoms with Gasteiger partial charge in [0.15, 0.2) is 5.43 Å². The van der Waals surface area contributed by atoms with Crippen molar-refractivity contribution in [1.82, 2.24) is 4.90 Å². The summed E-state index contributed by atoms with van der Waals surface area (Å²) in [7, 11) is 1.45. The molecule has 2 aromatic carbocycles. The van der Waals surface area contributed by atoms with E-state index in [1.54, 1.807) is 6.07 Å². The van der Waals surface area contributed by atoms with Crippen molar-refractivity contribution in [2.45, 2.75) is 38.6 Å². The summed E-state index contributed by atoms with van der Waals surface area (Å²) in [4.78, 5) is 26.7. The van der Waals surface area contributed by atoms with Crippen molar-refractivity contribution < 1.29 is 18.7 Å². The average molecular weight is 436 g/mol. The van der Waals surface area contributed by atoms with Crippen LogP contribution in [-0.2, 0) is 9.53 Å². The van der Waals surface area contributed by atoms with E-state index in [9.17, 15) is 9.59 Å². The van der Waals surface area contributed by atoms with Crippen molar-refractivity contribution in [1.29, 1.82) is 0 Å². The Kier molecular flexibility index (Phi) is 6.90. The highest BCUT2D eigenvalue weighted by Gasteiger charge is 2.30. The predicted molar refractivity (Wildman–Crippen MR) is 124 cm³/mol. The molecule has 6 nitrogen and oxygen atoms in total. The Morgan fingerprint density at radius 3 is 2.75 bits per heavy atom. The van der Waals surface area contributed by atoms with Gasteiger partial charge >= 0.3 is 5.97 Å². The molecule has 0 aliphatic carbocycles. The number of benzene rings is 2. The maximum atomic E-state index is 12.6. The minimum Gasteiger partial charge on any atom is -0.493 e. The molecule has 1 saturated heterocycles. The highest BCUT2D eigenvalue weighted by atomic mass is 16.5. The van der Waals surface area contributed by atoms with Gasteiger partial charge < -0.3 is 13.9 Å². The molecule has 0 saturated carbocycles. The van der Waals surface area contributed by atoms with E-state index in [1.165, 1.54) is 13.2 Å². The molecule has 1 fully saturated rings. The molecular formula is C26H29NO5. The molecule has 0 N–H and O–H groups in total. The zero-order valence-electron chi connectivity index (χ0n) is 18.6. The average Bonchev–Trinajstić information content (AvgIpc) is 3.29. The molecule has 0 amide bonds. The first-order valence-electron chi connectivity index (χ1n) is 11.2. The van der Waals surface area contributed by atoms with Gasteiger partial charge in [0.2, 0.25) is 0 Å². The minimum atomic E-state index is -0.137. The summed E-state index contributed by atoms with van der Waals surface area (Å²) in [5.41, 5.74) is 2.18. The molecule has 1 aliphatic heterocycles. The number of nitrogens with zero attached hydrogens (tertiary/aromatic N) is 1. The van der Waals surface area contributed by atoms with Crippen molar-refractivity contribution in [2.75, 3.05) is 26.8 Å². The first kappa shape index (κ1) is 22.1. The minimum absolute atomic E-state index is 0.0643. The van der Waals surface area contributed by atoms with E-state index in [4.69, 9.17) is 13.9 Å². The Labute approximate surface area is 187 Å². The van der Waals surface area contributed by atoms with Crippen LogP contribution in [0.3, 0.4) is 0 Å². The number of hydrogen-bond acceptors (Lipinski definition) is 6. The predicted octanol–water partition coefficient (Wildman–Crippen LogP) is 4.56. The third-order valence-electron chi connectivity index (χ3n) is 6.09. The molecule has 1 aromatic heterocycles. The smallest absolute Gasteiger partial charge is 0.323 e. The third kappa shape index (κ3) is 4.70. The van der Waals surface area contributed by atoms with Crippen LogP contribution in [0, 0.1) is 6.92 Å². The SMILES string of the molecule is COC(=O)[C@@H]1CCCN1CCCCOc1ccc2c(=O)cc(-c3ccccc3)oc2c1C. The summed E-state index contributed by atoms with van der Waals surface area (Å²) < 4.78 is 17.0. The van der Waals surface area contributed by atoms with Crippen LogP contribution in [0.1, 0.15) is 31.2 Å². The van der Waals surface area contributed by atoms with E-state index in [1.807, 2.05) is 43.3 Å². The van der Waals surface area contributed by atoms with Crippen molar-refractivity contribution in [3.63, 3.8) is 0 Å². The van der Waals surface area contributed by atoms with E-state index in [0.29, 0.717) is 23.3 Å². The number of aryl methyl sites for hydroxylation is 1. The molecule has 0 spiro atoms. The fourth-order valence-corrected chi connectivity index (χ4v) is 4.33. The highest BCUT2D eigenvalue weighted by molar-refractivity contribution is 5.83. The van der Waals surface area contributed by atoms with Crippen LogP contribution < -0.4 is 10.2 Å². The molecule has 4 rings (SSSR count). The van der Waals surface area contributed by atoms with Gasteiger partial charge in [0, 0.05) is 17.2 Å². The summed E-state index contributed by atoms with van der Waals surface area (Å²) in [6.45, 7) is 4.27. The van der Waals surface area contributed by atoms with Crippen molar-refractivity contribution >= 4 is 16.9 Å². The number of fused-ring (bicyclic) bond motifs is 1. The van der Waals surface area contributed by atoms with Crippen LogP contribution in [0.2, 0.25) is 0 Å². The normalized spacial score (nSPS) is 16.4. The zero-order valence-corrected chi connectivity index (χ0v) is 18.6. The molecule has 0 unspecified atom stereocenters. The van der Waals surface area contributed by atoms with Crippen molar-refractivity contribution in [2.24, 2.45) is 0 Å². The van der Waals surface area contributed by atoms with Gasteiger partial charge in [-0.25, -0.2) is 0 Å². The van der Waals surface area contributed by atoms with E-state index in [2.05, 4.69) is 4.90 Å². The second-order valence-corrected chi connectivity index (χ2v) is 8.18. The molecule has 32 heavy (non-hydrogen) atoms. The van der Waals surface area contributed by atoms with Gasteiger partial charge in [-0.3, -0.25) is 14.5 Å². The number of methoxy groups -OCH3 is 1. The van der Waals surface area contributed by atoms with Crippen LogP contribution in [0.5, 0.6) is 5.75 Å². The molecule has 3 aromatic rings. The monoisotopic (exact) mass is 435 g/mol. The quantitative estimate of drug-likeness (QED) is 0.382. The molecule has 168 valence electrons. The van der Waals surface area contributed by atoms with E-state index >= 15 is 0 Å². The Morgan fingerprint density at radius 2 is 1.97 bits per heavy atom. The van der Waals surface area contributed by atoms with E-state index in [0.717, 1.165) is 55.6 Å². The Balaban J connectivity index is 1.40. The maximum Gasteiger partial charge on any atom is 0.323 e. The highest BCUT2D eigenvalue weighted by Crippen LogP contribution is 2.29. The summed E-state index contributed by atoms with van der Waals surface area (Å²) >= 11 is 0. The number of unbranched alkanes of at least 4 members (excludes halogenated alkanes) is 1. The van der Waals surface area contributed by atoms with Crippen LogP contribution in [0.15, 0.2) is 57.7 Å².